The monoisotopic (exact) mass is 422 g/mol. The Balaban J connectivity index is 1.58. The van der Waals surface area contributed by atoms with Crippen LogP contribution in [0.4, 0.5) is 0 Å². The predicted octanol–water partition coefficient (Wildman–Crippen LogP) is 3.25. The SMILES string of the molecule is CC(C)COc1ccc(CNC(=O)[C@@H]2CCCN2S(=O)(=O)c2cccs2)cc1. The number of hydrogen-bond acceptors (Lipinski definition) is 5. The van der Waals surface area contributed by atoms with Gasteiger partial charge in [0, 0.05) is 13.1 Å². The maximum Gasteiger partial charge on any atom is 0.253 e. The molecule has 0 aliphatic carbocycles. The number of nitrogens with zero attached hydrogens (tertiary/aromatic N) is 1. The summed E-state index contributed by atoms with van der Waals surface area (Å²) >= 11 is 1.17. The van der Waals surface area contributed by atoms with E-state index in [1.54, 1.807) is 17.5 Å². The van der Waals surface area contributed by atoms with E-state index >= 15 is 0 Å². The van der Waals surface area contributed by atoms with Gasteiger partial charge in [0.05, 0.1) is 6.61 Å². The quantitative estimate of drug-likeness (QED) is 0.709. The van der Waals surface area contributed by atoms with Crippen LogP contribution in [0.15, 0.2) is 46.0 Å². The number of sulfonamides is 1. The van der Waals surface area contributed by atoms with Crippen LogP contribution in [-0.2, 0) is 21.4 Å². The smallest absolute Gasteiger partial charge is 0.253 e. The Labute approximate surface area is 170 Å². The van der Waals surface area contributed by atoms with Crippen LogP contribution < -0.4 is 10.1 Å². The minimum absolute atomic E-state index is 0.252. The Bertz CT molecular complexity index is 877. The van der Waals surface area contributed by atoms with Crippen LogP contribution in [0.25, 0.3) is 0 Å². The topological polar surface area (TPSA) is 75.7 Å². The third-order valence-electron chi connectivity index (χ3n) is 4.54. The van der Waals surface area contributed by atoms with Gasteiger partial charge in [0.2, 0.25) is 5.91 Å². The number of hydrogen-bond donors (Lipinski definition) is 1. The average Bonchev–Trinajstić information content (AvgIpc) is 3.37. The molecule has 1 N–H and O–H groups in total. The maximum atomic E-state index is 12.8. The van der Waals surface area contributed by atoms with E-state index in [1.165, 1.54) is 15.6 Å². The number of nitrogens with one attached hydrogen (secondary N) is 1. The van der Waals surface area contributed by atoms with Crippen molar-refractivity contribution in [2.24, 2.45) is 5.92 Å². The summed E-state index contributed by atoms with van der Waals surface area (Å²) < 4.78 is 32.8. The third kappa shape index (κ3) is 4.92. The molecule has 1 atom stereocenters. The Kier molecular flexibility index (Phi) is 6.74. The molecular weight excluding hydrogens is 396 g/mol. The first-order chi connectivity index (χ1) is 13.4. The largest absolute Gasteiger partial charge is 0.493 e. The molecule has 8 heteroatoms. The molecule has 0 spiro atoms. The first kappa shape index (κ1) is 20.8. The van der Waals surface area contributed by atoms with E-state index in [2.05, 4.69) is 19.2 Å². The van der Waals surface area contributed by atoms with Crippen LogP contribution in [0.3, 0.4) is 0 Å². The van der Waals surface area contributed by atoms with Crippen LogP contribution in [0.1, 0.15) is 32.3 Å². The van der Waals surface area contributed by atoms with Gasteiger partial charge in [-0.3, -0.25) is 4.79 Å². The zero-order valence-electron chi connectivity index (χ0n) is 16.1. The normalized spacial score (nSPS) is 17.8. The standard InChI is InChI=1S/C20H26N2O4S2/c1-15(2)14-26-17-9-7-16(8-10-17)13-21-20(23)18-5-3-11-22(18)28(24,25)19-6-4-12-27-19/h4,6-10,12,15,18H,3,5,11,13-14H2,1-2H3,(H,21,23)/t18-/m0/s1. The van der Waals surface area contributed by atoms with E-state index in [-0.39, 0.29) is 10.1 Å². The summed E-state index contributed by atoms with van der Waals surface area (Å²) in [7, 11) is -3.62. The van der Waals surface area contributed by atoms with Crippen molar-refractivity contribution in [1.82, 2.24) is 9.62 Å². The highest BCUT2D eigenvalue weighted by atomic mass is 32.2. The molecule has 0 radical (unpaired) electrons. The fourth-order valence-corrected chi connectivity index (χ4v) is 5.87. The highest BCUT2D eigenvalue weighted by Crippen LogP contribution is 2.28. The maximum absolute atomic E-state index is 12.8. The van der Waals surface area contributed by atoms with Crippen LogP contribution >= 0.6 is 11.3 Å². The van der Waals surface area contributed by atoms with E-state index in [9.17, 15) is 13.2 Å². The number of benzene rings is 1. The first-order valence-corrected chi connectivity index (χ1v) is 11.7. The van der Waals surface area contributed by atoms with Gasteiger partial charge in [0.15, 0.2) is 0 Å². The Morgan fingerprint density at radius 1 is 1.29 bits per heavy atom. The van der Waals surface area contributed by atoms with Crippen molar-refractivity contribution in [1.29, 1.82) is 0 Å². The predicted molar refractivity (Wildman–Crippen MR) is 110 cm³/mol. The lowest BCUT2D eigenvalue weighted by Gasteiger charge is -2.22. The number of carbonyl (C=O) groups excluding carboxylic acids is 1. The van der Waals surface area contributed by atoms with Crippen molar-refractivity contribution < 1.29 is 17.9 Å². The number of rotatable bonds is 8. The van der Waals surface area contributed by atoms with E-state index < -0.39 is 16.1 Å². The number of thiophene rings is 1. The van der Waals surface area contributed by atoms with Crippen molar-refractivity contribution >= 4 is 27.3 Å². The molecule has 0 saturated carbocycles. The molecule has 1 aliphatic heterocycles. The van der Waals surface area contributed by atoms with Crippen molar-refractivity contribution in [3.05, 3.63) is 47.3 Å². The van der Waals surface area contributed by atoms with E-state index in [1.807, 2.05) is 24.3 Å². The summed E-state index contributed by atoms with van der Waals surface area (Å²) in [5.41, 5.74) is 0.941. The van der Waals surface area contributed by atoms with Gasteiger partial charge in [-0.05, 0) is 47.9 Å². The van der Waals surface area contributed by atoms with Gasteiger partial charge in [0.1, 0.15) is 16.0 Å². The molecule has 3 rings (SSSR count). The van der Waals surface area contributed by atoms with Crippen LogP contribution in [0.2, 0.25) is 0 Å². The summed E-state index contributed by atoms with van der Waals surface area (Å²) in [6, 6.07) is 10.2. The summed E-state index contributed by atoms with van der Waals surface area (Å²) in [6.45, 7) is 5.57. The minimum Gasteiger partial charge on any atom is -0.493 e. The van der Waals surface area contributed by atoms with E-state index in [4.69, 9.17) is 4.74 Å². The van der Waals surface area contributed by atoms with E-state index in [0.717, 1.165) is 11.3 Å². The average molecular weight is 423 g/mol. The molecule has 1 aliphatic rings. The van der Waals surface area contributed by atoms with Gasteiger partial charge >= 0.3 is 0 Å². The molecule has 2 aromatic rings. The van der Waals surface area contributed by atoms with Gasteiger partial charge in [0.25, 0.3) is 10.0 Å². The van der Waals surface area contributed by atoms with Crippen molar-refractivity contribution in [2.75, 3.05) is 13.2 Å². The van der Waals surface area contributed by atoms with Gasteiger partial charge in [-0.25, -0.2) is 8.42 Å². The zero-order chi connectivity index (χ0) is 20.1. The van der Waals surface area contributed by atoms with Gasteiger partial charge in [-0.2, -0.15) is 4.31 Å². The first-order valence-electron chi connectivity index (χ1n) is 9.42. The van der Waals surface area contributed by atoms with Crippen molar-refractivity contribution in [2.45, 2.75) is 43.5 Å². The second kappa shape index (κ2) is 9.07. The van der Waals surface area contributed by atoms with Crippen LogP contribution in [0, 0.1) is 5.92 Å². The molecule has 1 fully saturated rings. The molecule has 152 valence electrons. The molecule has 1 aromatic carbocycles. The van der Waals surface area contributed by atoms with Gasteiger partial charge < -0.3 is 10.1 Å². The Hall–Kier alpha value is -1.90. The lowest BCUT2D eigenvalue weighted by molar-refractivity contribution is -0.124. The lowest BCUT2D eigenvalue weighted by atomic mass is 10.2. The molecule has 28 heavy (non-hydrogen) atoms. The second-order valence-corrected chi connectivity index (χ2v) is 10.3. The van der Waals surface area contributed by atoms with Gasteiger partial charge in [-0.15, -0.1) is 11.3 Å². The van der Waals surface area contributed by atoms with Gasteiger partial charge in [-0.1, -0.05) is 32.0 Å². The fraction of sp³-hybridized carbons (Fsp3) is 0.450. The lowest BCUT2D eigenvalue weighted by Crippen LogP contribution is -2.45. The minimum atomic E-state index is -3.62. The van der Waals surface area contributed by atoms with Crippen LogP contribution in [0.5, 0.6) is 5.75 Å². The summed E-state index contributed by atoms with van der Waals surface area (Å²) in [4.78, 5) is 12.7. The van der Waals surface area contributed by atoms with Crippen molar-refractivity contribution in [3.8, 4) is 5.75 Å². The highest BCUT2D eigenvalue weighted by Gasteiger charge is 2.39. The highest BCUT2D eigenvalue weighted by molar-refractivity contribution is 7.91. The van der Waals surface area contributed by atoms with Crippen LogP contribution in [-0.4, -0.2) is 37.8 Å². The third-order valence-corrected chi connectivity index (χ3v) is 7.82. The molecule has 0 unspecified atom stereocenters. The molecule has 1 aromatic heterocycles. The Morgan fingerprint density at radius 3 is 2.68 bits per heavy atom. The number of carbonyl (C=O) groups is 1. The number of amides is 1. The zero-order valence-corrected chi connectivity index (χ0v) is 17.8. The second-order valence-electron chi connectivity index (χ2n) is 7.27. The summed E-state index contributed by atoms with van der Waals surface area (Å²) in [5.74, 6) is 1.00. The van der Waals surface area contributed by atoms with Crippen molar-refractivity contribution in [3.63, 3.8) is 0 Å². The van der Waals surface area contributed by atoms with E-state index in [0.29, 0.717) is 38.5 Å². The summed E-state index contributed by atoms with van der Waals surface area (Å²) in [5, 5.41) is 4.60. The molecule has 2 heterocycles. The Morgan fingerprint density at radius 2 is 2.04 bits per heavy atom. The molecule has 1 amide bonds. The molecule has 0 bridgehead atoms. The molecular formula is C20H26N2O4S2. The number of ether oxygens (including phenoxy) is 1. The summed E-state index contributed by atoms with van der Waals surface area (Å²) in [6.07, 6.45) is 1.23. The molecule has 6 nitrogen and oxygen atoms in total. The fourth-order valence-electron chi connectivity index (χ4n) is 3.09. The molecule has 1 saturated heterocycles.